The van der Waals surface area contributed by atoms with Gasteiger partial charge in [0.15, 0.2) is 5.13 Å². The van der Waals surface area contributed by atoms with Gasteiger partial charge in [-0.2, -0.15) is 0 Å². The molecule has 4 N–H and O–H groups in total. The van der Waals surface area contributed by atoms with E-state index >= 15 is 0 Å². The summed E-state index contributed by atoms with van der Waals surface area (Å²) in [5, 5.41) is 9.57. The molecule has 3 amide bonds. The molecule has 4 aromatic rings. The zero-order valence-electron chi connectivity index (χ0n) is 17.8. The number of carbonyl (C=O) groups excluding carboxylic acids is 3. The maximum absolute atomic E-state index is 14.4. The van der Waals surface area contributed by atoms with Crippen LogP contribution in [0.3, 0.4) is 0 Å². The molecule has 0 unspecified atom stereocenters. The summed E-state index contributed by atoms with van der Waals surface area (Å²) >= 11 is 1.08. The van der Waals surface area contributed by atoms with Gasteiger partial charge < -0.3 is 20.9 Å². The lowest BCUT2D eigenvalue weighted by Crippen LogP contribution is -2.35. The Kier molecular flexibility index (Phi) is 6.46. The van der Waals surface area contributed by atoms with E-state index < -0.39 is 23.1 Å². The van der Waals surface area contributed by atoms with Crippen LogP contribution in [0.1, 0.15) is 17.3 Å². The van der Waals surface area contributed by atoms with Gasteiger partial charge in [0.05, 0.1) is 12.2 Å². The fraction of sp³-hybridized carbons (Fsp3) is 0.0870. The number of aromatic amines is 1. The minimum Gasteiger partial charge on any atom is -0.360 e. The van der Waals surface area contributed by atoms with Crippen LogP contribution in [-0.2, 0) is 9.59 Å². The largest absolute Gasteiger partial charge is 0.360 e. The Balaban J connectivity index is 1.38. The number of halogens is 1. The fourth-order valence-electron chi connectivity index (χ4n) is 3.21. The first-order valence-electron chi connectivity index (χ1n) is 10.0. The minimum atomic E-state index is -0.691. The van der Waals surface area contributed by atoms with Crippen molar-refractivity contribution in [3.05, 3.63) is 75.6 Å². The zero-order valence-corrected chi connectivity index (χ0v) is 18.6. The average molecular weight is 479 g/mol. The molecule has 2 aromatic heterocycles. The lowest BCUT2D eigenvalue weighted by molar-refractivity contribution is -0.115. The number of nitrogens with one attached hydrogen (secondary N) is 4. The molecule has 0 radical (unpaired) electrons. The number of amides is 3. The molecule has 2 aromatic carbocycles. The third-order valence-corrected chi connectivity index (χ3v) is 5.52. The monoisotopic (exact) mass is 479 g/mol. The van der Waals surface area contributed by atoms with E-state index in [1.807, 2.05) is 0 Å². The number of nitrogens with zero attached hydrogens (tertiary/aromatic N) is 1. The minimum absolute atomic E-state index is 0.110. The molecule has 0 saturated heterocycles. The van der Waals surface area contributed by atoms with Crippen LogP contribution in [0, 0.1) is 5.82 Å². The first-order chi connectivity index (χ1) is 16.3. The fourth-order valence-corrected chi connectivity index (χ4v) is 3.94. The molecule has 0 atom stereocenters. The van der Waals surface area contributed by atoms with Gasteiger partial charge >= 0.3 is 0 Å². The van der Waals surface area contributed by atoms with Crippen LogP contribution in [-0.4, -0.2) is 34.2 Å². The van der Waals surface area contributed by atoms with E-state index in [1.54, 1.807) is 35.7 Å². The maximum atomic E-state index is 14.4. The molecule has 0 saturated carbocycles. The lowest BCUT2D eigenvalue weighted by atomic mass is 10.1. The normalized spacial score (nSPS) is 10.6. The Hall–Kier alpha value is -4.38. The van der Waals surface area contributed by atoms with Crippen molar-refractivity contribution in [1.29, 1.82) is 0 Å². The van der Waals surface area contributed by atoms with Gasteiger partial charge in [0.1, 0.15) is 11.4 Å². The van der Waals surface area contributed by atoms with Gasteiger partial charge in [-0.15, -0.1) is 11.3 Å². The third-order valence-electron chi connectivity index (χ3n) is 4.76. The van der Waals surface area contributed by atoms with E-state index in [1.165, 1.54) is 25.3 Å². The number of para-hydroxylation sites is 1. The molecule has 2 heterocycles. The van der Waals surface area contributed by atoms with Crippen molar-refractivity contribution in [2.45, 2.75) is 6.92 Å². The van der Waals surface area contributed by atoms with E-state index in [-0.39, 0.29) is 28.7 Å². The first kappa shape index (κ1) is 22.8. The highest BCUT2D eigenvalue weighted by molar-refractivity contribution is 7.14. The summed E-state index contributed by atoms with van der Waals surface area (Å²) in [4.78, 5) is 55.3. The molecule has 4 rings (SSSR count). The highest BCUT2D eigenvalue weighted by atomic mass is 32.1. The summed E-state index contributed by atoms with van der Waals surface area (Å²) in [5.41, 5.74) is 0.874. The first-order valence-corrected chi connectivity index (χ1v) is 10.9. The summed E-state index contributed by atoms with van der Waals surface area (Å²) < 4.78 is 14.4. The predicted molar refractivity (Wildman–Crippen MR) is 127 cm³/mol. The number of hydrogen-bond donors (Lipinski definition) is 4. The lowest BCUT2D eigenvalue weighted by Gasteiger charge is -2.06. The van der Waals surface area contributed by atoms with Crippen LogP contribution in [0.25, 0.3) is 22.2 Å². The van der Waals surface area contributed by atoms with E-state index in [4.69, 9.17) is 0 Å². The molecule has 0 aliphatic rings. The number of H-pyrrole nitrogens is 1. The summed E-state index contributed by atoms with van der Waals surface area (Å²) in [6.07, 6.45) is 1.30. The number of fused-ring (bicyclic) bond motifs is 1. The van der Waals surface area contributed by atoms with E-state index in [2.05, 4.69) is 25.9 Å². The molecular weight excluding hydrogens is 461 g/mol. The Bertz CT molecular complexity index is 1480. The number of anilines is 2. The van der Waals surface area contributed by atoms with Crippen molar-refractivity contribution in [2.75, 3.05) is 17.2 Å². The van der Waals surface area contributed by atoms with Crippen LogP contribution < -0.4 is 21.4 Å². The molecule has 0 spiro atoms. The van der Waals surface area contributed by atoms with Crippen LogP contribution >= 0.6 is 11.3 Å². The van der Waals surface area contributed by atoms with Crippen molar-refractivity contribution < 1.29 is 18.8 Å². The second-order valence-corrected chi connectivity index (χ2v) is 8.08. The highest BCUT2D eigenvalue weighted by Crippen LogP contribution is 2.28. The van der Waals surface area contributed by atoms with E-state index in [9.17, 15) is 23.6 Å². The molecule has 0 aliphatic carbocycles. The van der Waals surface area contributed by atoms with Crippen molar-refractivity contribution in [3.8, 4) is 11.3 Å². The third kappa shape index (κ3) is 4.99. The molecule has 11 heteroatoms. The van der Waals surface area contributed by atoms with Crippen molar-refractivity contribution in [2.24, 2.45) is 0 Å². The Morgan fingerprint density at radius 2 is 1.91 bits per heavy atom. The number of rotatable bonds is 6. The summed E-state index contributed by atoms with van der Waals surface area (Å²) in [5.74, 6) is -2.15. The Morgan fingerprint density at radius 1 is 1.12 bits per heavy atom. The van der Waals surface area contributed by atoms with Gasteiger partial charge in [0.2, 0.25) is 17.2 Å². The van der Waals surface area contributed by atoms with Crippen LogP contribution in [0.5, 0.6) is 0 Å². The predicted octanol–water partition coefficient (Wildman–Crippen LogP) is 3.12. The Labute approximate surface area is 196 Å². The number of pyridine rings is 1. The number of hydrogen-bond acceptors (Lipinski definition) is 6. The van der Waals surface area contributed by atoms with Gasteiger partial charge in [-0.05, 0) is 30.3 Å². The quantitative estimate of drug-likeness (QED) is 0.337. The van der Waals surface area contributed by atoms with Gasteiger partial charge in [-0.3, -0.25) is 19.2 Å². The average Bonchev–Trinajstić information content (AvgIpc) is 3.25. The molecule has 0 fully saturated rings. The second-order valence-electron chi connectivity index (χ2n) is 7.22. The van der Waals surface area contributed by atoms with E-state index in [0.29, 0.717) is 22.3 Å². The zero-order chi connectivity index (χ0) is 24.2. The molecule has 172 valence electrons. The maximum Gasteiger partial charge on any atom is 0.257 e. The topological polar surface area (TPSA) is 133 Å². The molecule has 0 aliphatic heterocycles. The van der Waals surface area contributed by atoms with E-state index in [0.717, 1.165) is 11.3 Å². The van der Waals surface area contributed by atoms with Crippen LogP contribution in [0.15, 0.2) is 58.8 Å². The second kappa shape index (κ2) is 9.63. The van der Waals surface area contributed by atoms with Gasteiger partial charge in [-0.25, -0.2) is 9.37 Å². The van der Waals surface area contributed by atoms with Crippen molar-refractivity contribution in [3.63, 3.8) is 0 Å². The number of thiazole rings is 1. The summed E-state index contributed by atoms with van der Waals surface area (Å²) in [6.45, 7) is 0.934. The SMILES string of the molecule is CC(=O)Nc1ccc(-c2csc(NC(=O)CNC(=O)c3c[nH]c4ccccc4c3=O)n2)c(F)c1. The summed E-state index contributed by atoms with van der Waals surface area (Å²) in [7, 11) is 0. The number of benzene rings is 2. The van der Waals surface area contributed by atoms with Gasteiger partial charge in [0.25, 0.3) is 5.91 Å². The van der Waals surface area contributed by atoms with Gasteiger partial charge in [0, 0.05) is 40.7 Å². The molecular formula is C23H18FN5O4S. The standard InChI is InChI=1S/C23H18FN5O4S/c1-12(30)27-13-6-7-14(17(24)8-13)19-11-34-23(28-19)29-20(31)10-26-22(33)16-9-25-18-5-3-2-4-15(18)21(16)32/h2-9,11H,10H2,1H3,(H,25,32)(H,26,33)(H,27,30)(H,28,29,31). The van der Waals surface area contributed by atoms with Gasteiger partial charge in [-0.1, -0.05) is 12.1 Å². The van der Waals surface area contributed by atoms with Crippen LogP contribution in [0.4, 0.5) is 15.2 Å². The highest BCUT2D eigenvalue weighted by Gasteiger charge is 2.16. The van der Waals surface area contributed by atoms with Crippen LogP contribution in [0.2, 0.25) is 0 Å². The summed E-state index contributed by atoms with van der Waals surface area (Å²) in [6, 6.07) is 11.0. The van der Waals surface area contributed by atoms with Crippen molar-refractivity contribution >= 4 is 50.8 Å². The number of carbonyl (C=O) groups is 3. The van der Waals surface area contributed by atoms with Crippen molar-refractivity contribution in [1.82, 2.24) is 15.3 Å². The number of aromatic nitrogens is 2. The molecule has 0 bridgehead atoms. The molecule has 9 nitrogen and oxygen atoms in total. The smallest absolute Gasteiger partial charge is 0.257 e. The molecule has 34 heavy (non-hydrogen) atoms. The Morgan fingerprint density at radius 3 is 2.68 bits per heavy atom.